The molecule has 0 saturated heterocycles. The summed E-state index contributed by atoms with van der Waals surface area (Å²) < 4.78 is 5.22. The normalized spacial score (nSPS) is 12.0. The maximum Gasteiger partial charge on any atom is 0.252 e. The van der Waals surface area contributed by atoms with Crippen LogP contribution >= 0.6 is 11.8 Å². The Bertz CT molecular complexity index is 668. The first-order chi connectivity index (χ1) is 11.5. The van der Waals surface area contributed by atoms with Gasteiger partial charge in [-0.05, 0) is 48.4 Å². The van der Waals surface area contributed by atoms with E-state index in [1.54, 1.807) is 18.9 Å². The highest BCUT2D eigenvalue weighted by Gasteiger charge is 2.19. The summed E-state index contributed by atoms with van der Waals surface area (Å²) in [5.74, 6) is 1.27. The van der Waals surface area contributed by atoms with Gasteiger partial charge in [0.15, 0.2) is 0 Å². The van der Waals surface area contributed by atoms with Crippen LogP contribution in [0.1, 0.15) is 42.2 Å². The molecule has 0 aromatic heterocycles. The minimum absolute atomic E-state index is 0.0154. The van der Waals surface area contributed by atoms with E-state index in [2.05, 4.69) is 19.2 Å². The average Bonchev–Trinajstić information content (AvgIpc) is 2.60. The van der Waals surface area contributed by atoms with Crippen molar-refractivity contribution in [2.45, 2.75) is 31.2 Å². The van der Waals surface area contributed by atoms with Crippen molar-refractivity contribution in [2.75, 3.05) is 13.4 Å². The number of nitrogens with one attached hydrogen (secondary N) is 1. The van der Waals surface area contributed by atoms with Gasteiger partial charge in [-0.1, -0.05) is 38.1 Å². The molecule has 128 valence electrons. The van der Waals surface area contributed by atoms with Crippen molar-refractivity contribution >= 4 is 17.7 Å². The molecule has 0 aliphatic rings. The predicted molar refractivity (Wildman–Crippen MR) is 101 cm³/mol. The average molecular weight is 343 g/mol. The summed E-state index contributed by atoms with van der Waals surface area (Å²) in [6, 6.07) is 15.6. The first kappa shape index (κ1) is 18.4. The van der Waals surface area contributed by atoms with E-state index >= 15 is 0 Å². The van der Waals surface area contributed by atoms with Crippen LogP contribution in [0.5, 0.6) is 5.75 Å². The van der Waals surface area contributed by atoms with Crippen molar-refractivity contribution in [1.29, 1.82) is 0 Å². The van der Waals surface area contributed by atoms with Gasteiger partial charge in [-0.2, -0.15) is 0 Å². The summed E-state index contributed by atoms with van der Waals surface area (Å²) >= 11 is 1.59. The Hall–Kier alpha value is -1.94. The minimum Gasteiger partial charge on any atom is -0.497 e. The SMILES string of the molecule is COc1ccc([C@@H](CC(C)C)NC(=O)c2ccccc2SC)cc1. The number of hydrogen-bond donors (Lipinski definition) is 1. The molecule has 0 spiro atoms. The molecule has 0 radical (unpaired) electrons. The molecule has 2 aromatic carbocycles. The van der Waals surface area contributed by atoms with Crippen molar-refractivity contribution in [2.24, 2.45) is 5.92 Å². The van der Waals surface area contributed by atoms with E-state index in [9.17, 15) is 4.79 Å². The van der Waals surface area contributed by atoms with Gasteiger partial charge >= 0.3 is 0 Å². The third-order valence-corrected chi connectivity index (χ3v) is 4.68. The van der Waals surface area contributed by atoms with E-state index < -0.39 is 0 Å². The summed E-state index contributed by atoms with van der Waals surface area (Å²) in [5.41, 5.74) is 1.83. The summed E-state index contributed by atoms with van der Waals surface area (Å²) in [4.78, 5) is 13.8. The number of amides is 1. The summed E-state index contributed by atoms with van der Waals surface area (Å²) in [6.45, 7) is 4.33. The third-order valence-electron chi connectivity index (χ3n) is 3.88. The maximum atomic E-state index is 12.8. The number of carbonyl (C=O) groups is 1. The zero-order valence-corrected chi connectivity index (χ0v) is 15.5. The summed E-state index contributed by atoms with van der Waals surface area (Å²) in [6.07, 6.45) is 2.88. The van der Waals surface area contributed by atoms with Gasteiger partial charge in [0.2, 0.25) is 0 Å². The Morgan fingerprint density at radius 1 is 1.12 bits per heavy atom. The van der Waals surface area contributed by atoms with Crippen molar-refractivity contribution in [3.05, 3.63) is 59.7 Å². The molecule has 0 aliphatic carbocycles. The lowest BCUT2D eigenvalue weighted by Gasteiger charge is -2.22. The van der Waals surface area contributed by atoms with Gasteiger partial charge in [0, 0.05) is 4.90 Å². The molecule has 0 saturated carbocycles. The van der Waals surface area contributed by atoms with E-state index in [1.807, 2.05) is 54.8 Å². The highest BCUT2D eigenvalue weighted by Crippen LogP contribution is 2.25. The number of rotatable bonds is 7. The van der Waals surface area contributed by atoms with E-state index in [-0.39, 0.29) is 11.9 Å². The van der Waals surface area contributed by atoms with Crippen LogP contribution in [0.3, 0.4) is 0 Å². The van der Waals surface area contributed by atoms with Gasteiger partial charge in [-0.15, -0.1) is 11.8 Å². The first-order valence-electron chi connectivity index (χ1n) is 8.13. The number of benzene rings is 2. The highest BCUT2D eigenvalue weighted by atomic mass is 32.2. The molecular formula is C20H25NO2S. The molecule has 0 unspecified atom stereocenters. The fourth-order valence-corrected chi connectivity index (χ4v) is 3.25. The molecule has 1 N–H and O–H groups in total. The van der Waals surface area contributed by atoms with E-state index in [0.29, 0.717) is 5.92 Å². The van der Waals surface area contributed by atoms with Crippen LogP contribution in [-0.4, -0.2) is 19.3 Å². The van der Waals surface area contributed by atoms with Gasteiger partial charge in [-0.3, -0.25) is 4.79 Å². The predicted octanol–water partition coefficient (Wildman–Crippen LogP) is 4.93. The van der Waals surface area contributed by atoms with Gasteiger partial charge < -0.3 is 10.1 Å². The summed E-state index contributed by atoms with van der Waals surface area (Å²) in [7, 11) is 1.65. The fraction of sp³-hybridized carbons (Fsp3) is 0.350. The molecule has 4 heteroatoms. The molecule has 3 nitrogen and oxygen atoms in total. The van der Waals surface area contributed by atoms with Crippen LogP contribution in [0.4, 0.5) is 0 Å². The molecule has 0 heterocycles. The molecular weight excluding hydrogens is 318 g/mol. The third kappa shape index (κ3) is 4.78. The number of thioether (sulfide) groups is 1. The van der Waals surface area contributed by atoms with Crippen LogP contribution in [0.25, 0.3) is 0 Å². The highest BCUT2D eigenvalue weighted by molar-refractivity contribution is 7.98. The van der Waals surface area contributed by atoms with Crippen molar-refractivity contribution in [3.63, 3.8) is 0 Å². The molecule has 24 heavy (non-hydrogen) atoms. The quantitative estimate of drug-likeness (QED) is 0.724. The van der Waals surface area contributed by atoms with Gasteiger partial charge in [0.05, 0.1) is 18.7 Å². The largest absolute Gasteiger partial charge is 0.497 e. The fourth-order valence-electron chi connectivity index (χ4n) is 2.65. The monoisotopic (exact) mass is 343 g/mol. The van der Waals surface area contributed by atoms with Gasteiger partial charge in [0.1, 0.15) is 5.75 Å². The van der Waals surface area contributed by atoms with Gasteiger partial charge in [0.25, 0.3) is 5.91 Å². The lowest BCUT2D eigenvalue weighted by molar-refractivity contribution is 0.0929. The lowest BCUT2D eigenvalue weighted by atomic mass is 9.96. The van der Waals surface area contributed by atoms with Crippen LogP contribution in [0, 0.1) is 5.92 Å². The number of carbonyl (C=O) groups excluding carboxylic acids is 1. The zero-order valence-electron chi connectivity index (χ0n) is 14.7. The molecule has 0 bridgehead atoms. The van der Waals surface area contributed by atoms with Crippen LogP contribution in [0.15, 0.2) is 53.4 Å². The Balaban J connectivity index is 2.23. The van der Waals surface area contributed by atoms with Crippen LogP contribution in [-0.2, 0) is 0 Å². The van der Waals surface area contributed by atoms with Crippen molar-refractivity contribution < 1.29 is 9.53 Å². The Kier molecular flexibility index (Phi) is 6.73. The second kappa shape index (κ2) is 8.78. The Morgan fingerprint density at radius 2 is 1.79 bits per heavy atom. The Morgan fingerprint density at radius 3 is 2.38 bits per heavy atom. The minimum atomic E-state index is -0.0265. The Labute approximate surface area is 148 Å². The maximum absolute atomic E-state index is 12.8. The molecule has 0 aliphatic heterocycles. The van der Waals surface area contributed by atoms with Crippen molar-refractivity contribution in [3.8, 4) is 5.75 Å². The molecule has 0 fully saturated rings. The standard InChI is InChI=1S/C20H25NO2S/c1-14(2)13-18(15-9-11-16(23-3)12-10-15)21-20(22)17-7-5-6-8-19(17)24-4/h5-12,14,18H,13H2,1-4H3,(H,21,22)/t18-/m1/s1. The van der Waals surface area contributed by atoms with E-state index in [4.69, 9.17) is 4.74 Å². The van der Waals surface area contributed by atoms with Crippen molar-refractivity contribution in [1.82, 2.24) is 5.32 Å². The second-order valence-electron chi connectivity index (χ2n) is 6.13. The summed E-state index contributed by atoms with van der Waals surface area (Å²) in [5, 5.41) is 3.20. The first-order valence-corrected chi connectivity index (χ1v) is 9.35. The zero-order chi connectivity index (χ0) is 17.5. The van der Waals surface area contributed by atoms with Crippen LogP contribution < -0.4 is 10.1 Å². The smallest absolute Gasteiger partial charge is 0.252 e. The van der Waals surface area contributed by atoms with E-state index in [0.717, 1.165) is 28.2 Å². The molecule has 2 rings (SSSR count). The number of methoxy groups -OCH3 is 1. The second-order valence-corrected chi connectivity index (χ2v) is 6.98. The lowest BCUT2D eigenvalue weighted by Crippen LogP contribution is -2.29. The van der Waals surface area contributed by atoms with E-state index in [1.165, 1.54) is 0 Å². The molecule has 1 atom stereocenters. The molecule has 1 amide bonds. The van der Waals surface area contributed by atoms with Crippen LogP contribution in [0.2, 0.25) is 0 Å². The number of ether oxygens (including phenoxy) is 1. The topological polar surface area (TPSA) is 38.3 Å². The molecule has 2 aromatic rings. The number of hydrogen-bond acceptors (Lipinski definition) is 3. The van der Waals surface area contributed by atoms with Gasteiger partial charge in [-0.25, -0.2) is 0 Å².